The lowest BCUT2D eigenvalue weighted by molar-refractivity contribution is -0.0254. The monoisotopic (exact) mass is 261 g/mol. The summed E-state index contributed by atoms with van der Waals surface area (Å²) in [7, 11) is 1.82. The second-order valence-electron chi connectivity index (χ2n) is 6.16. The molecule has 0 spiro atoms. The maximum atomic E-state index is 6.51. The molecule has 1 aromatic rings. The molecule has 0 bridgehead atoms. The van der Waals surface area contributed by atoms with Crippen LogP contribution < -0.4 is 5.73 Å². The van der Waals surface area contributed by atoms with E-state index in [1.54, 1.807) is 0 Å². The molecule has 1 aliphatic rings. The van der Waals surface area contributed by atoms with Gasteiger partial charge in [-0.1, -0.05) is 30.5 Å². The fraction of sp³-hybridized carbons (Fsp3) is 0.647. The lowest BCUT2D eigenvalue weighted by Gasteiger charge is -2.34. The van der Waals surface area contributed by atoms with Gasteiger partial charge in [-0.05, 0) is 56.7 Å². The Kier molecular flexibility index (Phi) is 4.32. The highest BCUT2D eigenvalue weighted by atomic mass is 16.5. The first-order valence-electron chi connectivity index (χ1n) is 7.36. The maximum Gasteiger partial charge on any atom is 0.0832 e. The van der Waals surface area contributed by atoms with Crippen molar-refractivity contribution in [3.63, 3.8) is 0 Å². The molecule has 0 saturated heterocycles. The summed E-state index contributed by atoms with van der Waals surface area (Å²) in [5.41, 5.74) is 11.9. The van der Waals surface area contributed by atoms with Gasteiger partial charge in [0, 0.05) is 13.2 Å². The van der Waals surface area contributed by atoms with E-state index in [2.05, 4.69) is 32.9 Å². The van der Waals surface area contributed by atoms with E-state index in [0.717, 1.165) is 19.3 Å². The second kappa shape index (κ2) is 5.64. The van der Waals surface area contributed by atoms with Crippen molar-refractivity contribution in [2.45, 2.75) is 64.5 Å². The largest absolute Gasteiger partial charge is 0.377 e. The van der Waals surface area contributed by atoms with E-state index in [-0.39, 0.29) is 11.6 Å². The molecule has 2 heteroatoms. The molecule has 2 rings (SSSR count). The molecule has 1 aliphatic carbocycles. The van der Waals surface area contributed by atoms with Crippen molar-refractivity contribution < 1.29 is 4.74 Å². The molecule has 0 aliphatic heterocycles. The van der Waals surface area contributed by atoms with E-state index in [9.17, 15) is 0 Å². The number of hydrogen-bond acceptors (Lipinski definition) is 2. The molecule has 106 valence electrons. The minimum atomic E-state index is -0.0935. The van der Waals surface area contributed by atoms with Crippen molar-refractivity contribution in [2.24, 2.45) is 5.73 Å². The van der Waals surface area contributed by atoms with E-state index in [1.807, 2.05) is 7.11 Å². The quantitative estimate of drug-likeness (QED) is 0.901. The molecule has 0 heterocycles. The maximum absolute atomic E-state index is 6.51. The Hall–Kier alpha value is -0.860. The van der Waals surface area contributed by atoms with Gasteiger partial charge in [0.2, 0.25) is 0 Å². The number of aryl methyl sites for hydroxylation is 3. The molecular weight excluding hydrogens is 234 g/mol. The third-order valence-corrected chi connectivity index (χ3v) is 4.80. The van der Waals surface area contributed by atoms with Crippen LogP contribution in [0.1, 0.15) is 47.9 Å². The number of nitrogens with two attached hydrogens (primary N) is 1. The minimum Gasteiger partial charge on any atom is -0.377 e. The van der Waals surface area contributed by atoms with E-state index in [1.165, 1.54) is 35.1 Å². The highest BCUT2D eigenvalue weighted by Crippen LogP contribution is 2.36. The molecule has 0 amide bonds. The lowest BCUT2D eigenvalue weighted by atomic mass is 9.85. The Balaban J connectivity index is 2.21. The smallest absolute Gasteiger partial charge is 0.0832 e. The van der Waals surface area contributed by atoms with Crippen LogP contribution in [-0.2, 0) is 11.2 Å². The van der Waals surface area contributed by atoms with E-state index < -0.39 is 0 Å². The van der Waals surface area contributed by atoms with Gasteiger partial charge in [0.05, 0.1) is 5.60 Å². The molecule has 2 nitrogen and oxygen atoms in total. The Morgan fingerprint density at radius 3 is 2.16 bits per heavy atom. The molecule has 1 fully saturated rings. The van der Waals surface area contributed by atoms with Gasteiger partial charge >= 0.3 is 0 Å². The van der Waals surface area contributed by atoms with Gasteiger partial charge in [-0.15, -0.1) is 0 Å². The predicted molar refractivity (Wildman–Crippen MR) is 80.5 cm³/mol. The summed E-state index contributed by atoms with van der Waals surface area (Å²) in [4.78, 5) is 0. The van der Waals surface area contributed by atoms with Crippen molar-refractivity contribution in [2.75, 3.05) is 7.11 Å². The lowest BCUT2D eigenvalue weighted by Crippen LogP contribution is -2.49. The Bertz CT molecular complexity index is 424. The van der Waals surface area contributed by atoms with Crippen LogP contribution in [0, 0.1) is 20.8 Å². The zero-order valence-corrected chi connectivity index (χ0v) is 12.8. The minimum absolute atomic E-state index is 0.0935. The molecule has 0 aromatic heterocycles. The number of rotatable bonds is 4. The van der Waals surface area contributed by atoms with Crippen LogP contribution in [0.3, 0.4) is 0 Å². The first-order chi connectivity index (χ1) is 8.98. The molecule has 2 N–H and O–H groups in total. The van der Waals surface area contributed by atoms with Crippen LogP contribution in [0.25, 0.3) is 0 Å². The van der Waals surface area contributed by atoms with Gasteiger partial charge in [0.15, 0.2) is 0 Å². The molecule has 1 unspecified atom stereocenters. The van der Waals surface area contributed by atoms with Gasteiger partial charge in [0.1, 0.15) is 0 Å². The molecule has 19 heavy (non-hydrogen) atoms. The number of benzene rings is 1. The van der Waals surface area contributed by atoms with Gasteiger partial charge in [0.25, 0.3) is 0 Å². The molecular formula is C17H27NO. The summed E-state index contributed by atoms with van der Waals surface area (Å²) in [6.45, 7) is 6.53. The summed E-state index contributed by atoms with van der Waals surface area (Å²) in [5, 5.41) is 0. The predicted octanol–water partition coefficient (Wildman–Crippen LogP) is 3.44. The van der Waals surface area contributed by atoms with Crippen molar-refractivity contribution in [1.82, 2.24) is 0 Å². The van der Waals surface area contributed by atoms with Crippen molar-refractivity contribution in [3.8, 4) is 0 Å². The highest BCUT2D eigenvalue weighted by molar-refractivity contribution is 5.38. The summed E-state index contributed by atoms with van der Waals surface area (Å²) >= 11 is 0. The summed E-state index contributed by atoms with van der Waals surface area (Å²) < 4.78 is 5.81. The number of methoxy groups -OCH3 is 1. The van der Waals surface area contributed by atoms with Gasteiger partial charge in [-0.25, -0.2) is 0 Å². The SMILES string of the molecule is COC1(C(N)Cc2c(C)cc(C)cc2C)CCCC1. The normalized spacial score (nSPS) is 19.6. The Labute approximate surface area is 117 Å². The van der Waals surface area contributed by atoms with E-state index >= 15 is 0 Å². The summed E-state index contributed by atoms with van der Waals surface area (Å²) in [6, 6.07) is 4.60. The zero-order valence-electron chi connectivity index (χ0n) is 12.8. The number of hydrogen-bond donors (Lipinski definition) is 1. The van der Waals surface area contributed by atoms with E-state index in [4.69, 9.17) is 10.5 Å². The fourth-order valence-electron chi connectivity index (χ4n) is 3.64. The molecule has 1 aromatic carbocycles. The summed E-state index contributed by atoms with van der Waals surface area (Å²) in [5.74, 6) is 0. The molecule has 1 saturated carbocycles. The average molecular weight is 261 g/mol. The van der Waals surface area contributed by atoms with Crippen molar-refractivity contribution in [1.29, 1.82) is 0 Å². The third kappa shape index (κ3) is 2.85. The topological polar surface area (TPSA) is 35.2 Å². The van der Waals surface area contributed by atoms with Crippen molar-refractivity contribution >= 4 is 0 Å². The first-order valence-corrected chi connectivity index (χ1v) is 7.36. The second-order valence-corrected chi connectivity index (χ2v) is 6.16. The molecule has 1 atom stereocenters. The molecule has 0 radical (unpaired) electrons. The van der Waals surface area contributed by atoms with Crippen LogP contribution in [0.5, 0.6) is 0 Å². The van der Waals surface area contributed by atoms with Crippen LogP contribution in [0.2, 0.25) is 0 Å². The third-order valence-electron chi connectivity index (χ3n) is 4.80. The van der Waals surface area contributed by atoms with Gasteiger partial charge < -0.3 is 10.5 Å². The van der Waals surface area contributed by atoms with Crippen LogP contribution >= 0.6 is 0 Å². The highest BCUT2D eigenvalue weighted by Gasteiger charge is 2.39. The summed E-state index contributed by atoms with van der Waals surface area (Å²) in [6.07, 6.45) is 5.62. The standard InChI is InChI=1S/C17H27NO/c1-12-9-13(2)15(14(3)10-12)11-16(18)17(19-4)7-5-6-8-17/h9-10,16H,5-8,11,18H2,1-4H3. The van der Waals surface area contributed by atoms with E-state index in [0.29, 0.717) is 0 Å². The Morgan fingerprint density at radius 1 is 1.16 bits per heavy atom. The number of ether oxygens (including phenoxy) is 1. The van der Waals surface area contributed by atoms with Gasteiger partial charge in [-0.3, -0.25) is 0 Å². The van der Waals surface area contributed by atoms with Gasteiger partial charge in [-0.2, -0.15) is 0 Å². The Morgan fingerprint density at radius 2 is 1.68 bits per heavy atom. The van der Waals surface area contributed by atoms with Crippen molar-refractivity contribution in [3.05, 3.63) is 34.4 Å². The fourth-order valence-corrected chi connectivity index (χ4v) is 3.64. The van der Waals surface area contributed by atoms with Crippen LogP contribution in [0.15, 0.2) is 12.1 Å². The van der Waals surface area contributed by atoms with Crippen LogP contribution in [-0.4, -0.2) is 18.8 Å². The van der Waals surface area contributed by atoms with Crippen LogP contribution in [0.4, 0.5) is 0 Å². The first kappa shape index (κ1) is 14.5. The zero-order chi connectivity index (χ0) is 14.0. The average Bonchev–Trinajstić information content (AvgIpc) is 2.83.